The second-order valence-electron chi connectivity index (χ2n) is 7.62. The summed E-state index contributed by atoms with van der Waals surface area (Å²) in [5.41, 5.74) is 6.91. The van der Waals surface area contributed by atoms with Crippen LogP contribution in [0, 0.1) is 12.8 Å². The Morgan fingerprint density at radius 3 is 2.26 bits per heavy atom. The molecule has 2 N–H and O–H groups in total. The Balaban J connectivity index is 1.84. The van der Waals surface area contributed by atoms with E-state index in [0.29, 0.717) is 42.9 Å². The number of nitrogens with zero attached hydrogens (tertiary/aromatic N) is 2. The molecule has 1 heterocycles. The number of amides is 2. The Hall–Kier alpha value is -3.07. The molecule has 166 valence electrons. The van der Waals surface area contributed by atoms with E-state index in [4.69, 9.17) is 10.5 Å². The van der Waals surface area contributed by atoms with Gasteiger partial charge in [-0.25, -0.2) is 8.42 Å². The first-order chi connectivity index (χ1) is 14.6. The fourth-order valence-electron chi connectivity index (χ4n) is 3.67. The van der Waals surface area contributed by atoms with Gasteiger partial charge in [0.2, 0.25) is 5.91 Å². The molecule has 2 aromatic rings. The van der Waals surface area contributed by atoms with Crippen molar-refractivity contribution in [1.82, 2.24) is 4.90 Å². The normalized spacial score (nSPS) is 14.9. The van der Waals surface area contributed by atoms with Crippen molar-refractivity contribution in [2.75, 3.05) is 31.6 Å². The summed E-state index contributed by atoms with van der Waals surface area (Å²) < 4.78 is 32.5. The molecular weight excluding hydrogens is 418 g/mol. The minimum atomic E-state index is -3.82. The molecular formula is C22H27N3O5S. The molecule has 1 aliphatic rings. The number of aryl methyl sites for hydroxylation is 1. The molecule has 2 aromatic carbocycles. The third kappa shape index (κ3) is 4.66. The molecule has 0 radical (unpaired) electrons. The number of nitrogens with two attached hydrogens (primary N) is 1. The number of rotatable bonds is 6. The molecule has 0 bridgehead atoms. The highest BCUT2D eigenvalue weighted by atomic mass is 32.2. The molecule has 1 saturated heterocycles. The van der Waals surface area contributed by atoms with Crippen LogP contribution in [0.25, 0.3) is 0 Å². The zero-order valence-corrected chi connectivity index (χ0v) is 18.7. The topological polar surface area (TPSA) is 110 Å². The van der Waals surface area contributed by atoms with Crippen LogP contribution in [-0.2, 0) is 14.8 Å². The predicted octanol–water partition coefficient (Wildman–Crippen LogP) is 2.17. The predicted molar refractivity (Wildman–Crippen MR) is 118 cm³/mol. The van der Waals surface area contributed by atoms with Gasteiger partial charge in [-0.1, -0.05) is 6.07 Å². The fraction of sp³-hybridized carbons (Fsp3) is 0.364. The van der Waals surface area contributed by atoms with Gasteiger partial charge in [-0.05, 0) is 61.7 Å². The van der Waals surface area contributed by atoms with E-state index in [1.807, 2.05) is 0 Å². The molecule has 0 spiro atoms. The molecule has 1 fully saturated rings. The van der Waals surface area contributed by atoms with Gasteiger partial charge in [-0.2, -0.15) is 0 Å². The third-order valence-electron chi connectivity index (χ3n) is 5.70. The van der Waals surface area contributed by atoms with Crippen molar-refractivity contribution in [3.63, 3.8) is 0 Å². The maximum Gasteiger partial charge on any atom is 0.264 e. The van der Waals surface area contributed by atoms with Crippen LogP contribution in [0.4, 0.5) is 5.69 Å². The highest BCUT2D eigenvalue weighted by Crippen LogP contribution is 2.28. The average Bonchev–Trinajstić information content (AvgIpc) is 2.78. The average molecular weight is 446 g/mol. The molecule has 3 rings (SSSR count). The molecule has 1 aliphatic heterocycles. The minimum absolute atomic E-state index is 0.125. The van der Waals surface area contributed by atoms with Crippen LogP contribution in [0.2, 0.25) is 0 Å². The molecule has 31 heavy (non-hydrogen) atoms. The Labute approximate surface area is 182 Å². The number of anilines is 1. The van der Waals surface area contributed by atoms with E-state index in [1.165, 1.54) is 30.6 Å². The lowest BCUT2D eigenvalue weighted by Gasteiger charge is -2.31. The van der Waals surface area contributed by atoms with E-state index in [9.17, 15) is 18.0 Å². The third-order valence-corrected chi connectivity index (χ3v) is 7.48. The molecule has 0 unspecified atom stereocenters. The summed E-state index contributed by atoms with van der Waals surface area (Å²) in [6.07, 6.45) is 1.07. The van der Waals surface area contributed by atoms with Gasteiger partial charge < -0.3 is 15.4 Å². The van der Waals surface area contributed by atoms with Crippen molar-refractivity contribution in [1.29, 1.82) is 0 Å². The first-order valence-corrected chi connectivity index (χ1v) is 11.4. The Kier molecular flexibility index (Phi) is 6.54. The quantitative estimate of drug-likeness (QED) is 0.733. The lowest BCUT2D eigenvalue weighted by Crippen LogP contribution is -2.41. The van der Waals surface area contributed by atoms with E-state index in [2.05, 4.69) is 0 Å². The summed E-state index contributed by atoms with van der Waals surface area (Å²) in [5, 5.41) is 0. The Bertz CT molecular complexity index is 1070. The van der Waals surface area contributed by atoms with Crippen molar-refractivity contribution < 1.29 is 22.7 Å². The largest absolute Gasteiger partial charge is 0.497 e. The number of hydrogen-bond donors (Lipinski definition) is 1. The smallest absolute Gasteiger partial charge is 0.264 e. The molecule has 0 aliphatic carbocycles. The number of likely N-dealkylation sites (tertiary alicyclic amines) is 1. The van der Waals surface area contributed by atoms with Gasteiger partial charge in [-0.15, -0.1) is 0 Å². The lowest BCUT2D eigenvalue weighted by molar-refractivity contribution is -0.123. The number of carbonyl (C=O) groups is 2. The maximum absolute atomic E-state index is 13.1. The molecule has 8 nitrogen and oxygen atoms in total. The lowest BCUT2D eigenvalue weighted by atomic mass is 9.95. The SMILES string of the molecule is COc1ccc(S(=O)(=O)N(C)c2cc(C(=O)N3CCC(C(N)=O)CC3)ccc2C)cc1. The number of primary amides is 1. The van der Waals surface area contributed by atoms with Crippen LogP contribution in [0.3, 0.4) is 0 Å². The number of benzene rings is 2. The first-order valence-electron chi connectivity index (χ1n) is 9.97. The number of methoxy groups -OCH3 is 1. The van der Waals surface area contributed by atoms with Crippen molar-refractivity contribution >= 4 is 27.5 Å². The maximum atomic E-state index is 13.1. The van der Waals surface area contributed by atoms with Crippen LogP contribution in [-0.4, -0.2) is 52.4 Å². The highest BCUT2D eigenvalue weighted by Gasteiger charge is 2.28. The standard InChI is InChI=1S/C22H27N3O5S/c1-15-4-5-17(22(27)25-12-10-16(11-13-25)21(23)26)14-20(15)24(2)31(28,29)19-8-6-18(30-3)7-9-19/h4-9,14,16H,10-13H2,1-3H3,(H2,23,26). The van der Waals surface area contributed by atoms with Crippen molar-refractivity contribution in [3.8, 4) is 5.75 Å². The summed E-state index contributed by atoms with van der Waals surface area (Å²) in [7, 11) is -0.844. The Morgan fingerprint density at radius 2 is 1.71 bits per heavy atom. The van der Waals surface area contributed by atoms with Gasteiger partial charge >= 0.3 is 0 Å². The van der Waals surface area contributed by atoms with Crippen molar-refractivity contribution in [2.45, 2.75) is 24.7 Å². The zero-order valence-electron chi connectivity index (χ0n) is 17.9. The second kappa shape index (κ2) is 8.97. The monoisotopic (exact) mass is 445 g/mol. The summed E-state index contributed by atoms with van der Waals surface area (Å²) in [4.78, 5) is 26.1. The van der Waals surface area contributed by atoms with Gasteiger partial charge in [-0.3, -0.25) is 13.9 Å². The molecule has 0 aromatic heterocycles. The number of piperidine rings is 1. The van der Waals surface area contributed by atoms with Crippen LogP contribution in [0.5, 0.6) is 5.75 Å². The fourth-order valence-corrected chi connectivity index (χ4v) is 4.92. The minimum Gasteiger partial charge on any atom is -0.497 e. The van der Waals surface area contributed by atoms with Crippen LogP contribution in [0.15, 0.2) is 47.4 Å². The van der Waals surface area contributed by atoms with Gasteiger partial charge in [0.25, 0.3) is 15.9 Å². The van der Waals surface area contributed by atoms with Gasteiger partial charge in [0.1, 0.15) is 5.75 Å². The van der Waals surface area contributed by atoms with E-state index >= 15 is 0 Å². The highest BCUT2D eigenvalue weighted by molar-refractivity contribution is 7.92. The summed E-state index contributed by atoms with van der Waals surface area (Å²) >= 11 is 0. The Morgan fingerprint density at radius 1 is 1.10 bits per heavy atom. The number of carbonyl (C=O) groups excluding carboxylic acids is 2. The number of hydrogen-bond acceptors (Lipinski definition) is 5. The van der Waals surface area contributed by atoms with E-state index in [0.717, 1.165) is 5.56 Å². The second-order valence-corrected chi connectivity index (χ2v) is 9.59. The van der Waals surface area contributed by atoms with Crippen LogP contribution in [0.1, 0.15) is 28.8 Å². The summed E-state index contributed by atoms with van der Waals surface area (Å²) in [6.45, 7) is 2.67. The van der Waals surface area contributed by atoms with Gasteiger partial charge in [0, 0.05) is 31.6 Å². The van der Waals surface area contributed by atoms with Crippen LogP contribution < -0.4 is 14.8 Å². The van der Waals surface area contributed by atoms with E-state index < -0.39 is 10.0 Å². The molecule has 2 amide bonds. The van der Waals surface area contributed by atoms with Crippen LogP contribution >= 0.6 is 0 Å². The number of sulfonamides is 1. The molecule has 9 heteroatoms. The zero-order chi connectivity index (χ0) is 22.8. The van der Waals surface area contributed by atoms with Gasteiger partial charge in [0.05, 0.1) is 17.7 Å². The van der Waals surface area contributed by atoms with Crippen molar-refractivity contribution in [3.05, 3.63) is 53.6 Å². The molecule has 0 atom stereocenters. The van der Waals surface area contributed by atoms with Crippen molar-refractivity contribution in [2.24, 2.45) is 11.7 Å². The number of ether oxygens (including phenoxy) is 1. The van der Waals surface area contributed by atoms with E-state index in [-0.39, 0.29) is 22.6 Å². The van der Waals surface area contributed by atoms with E-state index in [1.54, 1.807) is 42.2 Å². The summed E-state index contributed by atoms with van der Waals surface area (Å²) in [5.74, 6) is -0.182. The first kappa shape index (κ1) is 22.6. The molecule has 0 saturated carbocycles. The summed E-state index contributed by atoms with van der Waals surface area (Å²) in [6, 6.07) is 11.2. The van der Waals surface area contributed by atoms with Gasteiger partial charge in [0.15, 0.2) is 0 Å².